The molecule has 0 aliphatic heterocycles. The second kappa shape index (κ2) is 8.70. The summed E-state index contributed by atoms with van der Waals surface area (Å²) >= 11 is 12.0. The fourth-order valence-electron chi connectivity index (χ4n) is 2.22. The zero-order valence-corrected chi connectivity index (χ0v) is 15.8. The minimum absolute atomic E-state index is 0.222. The van der Waals surface area contributed by atoms with Crippen LogP contribution in [0.15, 0.2) is 58.3 Å². The predicted octanol–water partition coefficient (Wildman–Crippen LogP) is 4.49. The second-order valence-electron chi connectivity index (χ2n) is 5.61. The highest BCUT2D eigenvalue weighted by molar-refractivity contribution is 6.31. The summed E-state index contributed by atoms with van der Waals surface area (Å²) < 4.78 is 10.8. The third-order valence-electron chi connectivity index (χ3n) is 3.60. The number of aryl methyl sites for hydroxylation is 1. The van der Waals surface area contributed by atoms with Crippen LogP contribution >= 0.6 is 23.2 Å². The highest BCUT2D eigenvalue weighted by Crippen LogP contribution is 2.34. The number of benzene rings is 2. The molecule has 0 aliphatic rings. The van der Waals surface area contributed by atoms with Gasteiger partial charge in [0.1, 0.15) is 5.75 Å². The van der Waals surface area contributed by atoms with Gasteiger partial charge in [0.05, 0.1) is 18.0 Å². The van der Waals surface area contributed by atoms with E-state index in [4.69, 9.17) is 32.5 Å². The summed E-state index contributed by atoms with van der Waals surface area (Å²) in [6, 6.07) is 12.2. The Morgan fingerprint density at radius 3 is 2.74 bits per heavy atom. The molecule has 3 rings (SSSR count). The van der Waals surface area contributed by atoms with Crippen molar-refractivity contribution in [2.75, 3.05) is 6.61 Å². The van der Waals surface area contributed by atoms with E-state index in [2.05, 4.69) is 15.7 Å². The van der Waals surface area contributed by atoms with Gasteiger partial charge in [0, 0.05) is 16.1 Å². The van der Waals surface area contributed by atoms with Crippen LogP contribution in [0.2, 0.25) is 10.0 Å². The molecule has 0 fully saturated rings. The minimum atomic E-state index is -0.406. The minimum Gasteiger partial charge on any atom is -0.483 e. The van der Waals surface area contributed by atoms with Gasteiger partial charge in [-0.25, -0.2) is 5.43 Å². The molecule has 27 heavy (non-hydrogen) atoms. The molecule has 0 radical (unpaired) electrons. The van der Waals surface area contributed by atoms with Gasteiger partial charge in [-0.15, -0.1) is 0 Å². The zero-order valence-electron chi connectivity index (χ0n) is 14.3. The van der Waals surface area contributed by atoms with Crippen molar-refractivity contribution in [2.24, 2.45) is 5.10 Å². The average Bonchev–Trinajstić information content (AvgIpc) is 3.18. The van der Waals surface area contributed by atoms with Gasteiger partial charge in [-0.2, -0.15) is 5.10 Å². The average molecular weight is 404 g/mol. The van der Waals surface area contributed by atoms with Crippen LogP contribution in [-0.2, 0) is 4.79 Å². The molecule has 0 unspecified atom stereocenters. The Bertz CT molecular complexity index is 955. The molecule has 8 heteroatoms. The lowest BCUT2D eigenvalue weighted by molar-refractivity contribution is -0.123. The van der Waals surface area contributed by atoms with Crippen LogP contribution in [-0.4, -0.2) is 23.9 Å². The monoisotopic (exact) mass is 403 g/mol. The summed E-state index contributed by atoms with van der Waals surface area (Å²) in [6.45, 7) is 1.62. The molecule has 138 valence electrons. The Hall–Kier alpha value is -2.83. The molecule has 1 N–H and O–H groups in total. The standard InChI is InChI=1S/C19H15Cl2N3O3/c1-12-8-18(15(9-16(12)21)17-6-7-23-27-17)26-11-19(25)24-22-10-13-2-4-14(20)5-3-13/h2-10H,11H2,1H3,(H,24,25)/b22-10+. The molecule has 2 aromatic carbocycles. The van der Waals surface area contributed by atoms with Gasteiger partial charge in [0.15, 0.2) is 12.4 Å². The molecule has 0 saturated carbocycles. The highest BCUT2D eigenvalue weighted by Gasteiger charge is 2.14. The lowest BCUT2D eigenvalue weighted by atomic mass is 10.1. The Labute approximate surface area is 165 Å². The molecule has 3 aromatic rings. The summed E-state index contributed by atoms with van der Waals surface area (Å²) in [5.74, 6) is 0.551. The van der Waals surface area contributed by atoms with Crippen LogP contribution < -0.4 is 10.2 Å². The number of aromatic nitrogens is 1. The number of carbonyl (C=O) groups is 1. The van der Waals surface area contributed by atoms with Crippen molar-refractivity contribution in [3.05, 3.63) is 69.8 Å². The van der Waals surface area contributed by atoms with Crippen LogP contribution in [0.4, 0.5) is 0 Å². The number of rotatable bonds is 6. The van der Waals surface area contributed by atoms with E-state index in [9.17, 15) is 4.79 Å². The fraction of sp³-hybridized carbons (Fsp3) is 0.105. The Morgan fingerprint density at radius 2 is 2.04 bits per heavy atom. The SMILES string of the molecule is Cc1cc(OCC(=O)N/N=C/c2ccc(Cl)cc2)c(-c2ccno2)cc1Cl. The fourth-order valence-corrected chi connectivity index (χ4v) is 2.51. The number of hydrogen-bond donors (Lipinski definition) is 1. The lowest BCUT2D eigenvalue weighted by Crippen LogP contribution is -2.24. The molecule has 6 nitrogen and oxygen atoms in total. The number of carbonyl (C=O) groups excluding carboxylic acids is 1. The molecule has 1 heterocycles. The molecular weight excluding hydrogens is 389 g/mol. The largest absolute Gasteiger partial charge is 0.483 e. The Balaban J connectivity index is 1.63. The van der Waals surface area contributed by atoms with Crippen LogP contribution in [0, 0.1) is 6.92 Å². The quantitative estimate of drug-likeness (QED) is 0.485. The zero-order chi connectivity index (χ0) is 19.2. The van der Waals surface area contributed by atoms with E-state index >= 15 is 0 Å². The summed E-state index contributed by atoms with van der Waals surface area (Å²) in [5, 5.41) is 8.76. The van der Waals surface area contributed by atoms with Crippen LogP contribution in [0.3, 0.4) is 0 Å². The number of hydrazone groups is 1. The number of nitrogens with zero attached hydrogens (tertiary/aromatic N) is 2. The molecule has 0 bridgehead atoms. The summed E-state index contributed by atoms with van der Waals surface area (Å²) in [7, 11) is 0. The number of ether oxygens (including phenoxy) is 1. The molecule has 1 aromatic heterocycles. The van der Waals surface area contributed by atoms with Crippen LogP contribution in [0.5, 0.6) is 5.75 Å². The Morgan fingerprint density at radius 1 is 1.26 bits per heavy atom. The second-order valence-corrected chi connectivity index (χ2v) is 6.45. The van der Waals surface area contributed by atoms with Gasteiger partial charge in [0.2, 0.25) is 0 Å². The van der Waals surface area contributed by atoms with E-state index in [1.54, 1.807) is 42.5 Å². The van der Waals surface area contributed by atoms with Gasteiger partial charge in [-0.05, 0) is 42.3 Å². The van der Waals surface area contributed by atoms with E-state index in [-0.39, 0.29) is 6.61 Å². The first-order chi connectivity index (χ1) is 13.0. The molecular formula is C19H15Cl2N3O3. The Kier molecular flexibility index (Phi) is 6.11. The van der Waals surface area contributed by atoms with Gasteiger partial charge < -0.3 is 9.26 Å². The first kappa shape index (κ1) is 18.9. The number of halogens is 2. The maximum Gasteiger partial charge on any atom is 0.277 e. The summed E-state index contributed by atoms with van der Waals surface area (Å²) in [4.78, 5) is 12.0. The number of hydrogen-bond acceptors (Lipinski definition) is 5. The summed E-state index contributed by atoms with van der Waals surface area (Å²) in [5.41, 5.74) is 4.64. The van der Waals surface area contributed by atoms with Gasteiger partial charge in [-0.1, -0.05) is 40.5 Å². The van der Waals surface area contributed by atoms with Crippen LogP contribution in [0.25, 0.3) is 11.3 Å². The van der Waals surface area contributed by atoms with Crippen molar-refractivity contribution < 1.29 is 14.1 Å². The highest BCUT2D eigenvalue weighted by atomic mass is 35.5. The van der Waals surface area contributed by atoms with Crippen molar-refractivity contribution in [1.82, 2.24) is 10.6 Å². The smallest absolute Gasteiger partial charge is 0.277 e. The van der Waals surface area contributed by atoms with Gasteiger partial charge >= 0.3 is 0 Å². The van der Waals surface area contributed by atoms with Crippen molar-refractivity contribution >= 4 is 35.3 Å². The van der Waals surface area contributed by atoms with E-state index in [1.165, 1.54) is 12.4 Å². The van der Waals surface area contributed by atoms with E-state index < -0.39 is 5.91 Å². The van der Waals surface area contributed by atoms with Crippen molar-refractivity contribution in [1.29, 1.82) is 0 Å². The van der Waals surface area contributed by atoms with Gasteiger partial charge in [0.25, 0.3) is 5.91 Å². The molecule has 0 spiro atoms. The maximum atomic E-state index is 12.0. The van der Waals surface area contributed by atoms with Gasteiger partial charge in [-0.3, -0.25) is 4.79 Å². The number of amides is 1. The van der Waals surface area contributed by atoms with Crippen molar-refractivity contribution in [3.8, 4) is 17.1 Å². The maximum absolute atomic E-state index is 12.0. The molecule has 0 aliphatic carbocycles. The first-order valence-corrected chi connectivity index (χ1v) is 8.70. The van der Waals surface area contributed by atoms with E-state index in [0.717, 1.165) is 11.1 Å². The van der Waals surface area contributed by atoms with E-state index in [1.807, 2.05) is 6.92 Å². The third kappa shape index (κ3) is 5.09. The molecule has 1 amide bonds. The molecule has 0 saturated heterocycles. The van der Waals surface area contributed by atoms with Crippen molar-refractivity contribution in [3.63, 3.8) is 0 Å². The summed E-state index contributed by atoms with van der Waals surface area (Å²) in [6.07, 6.45) is 3.03. The lowest BCUT2D eigenvalue weighted by Gasteiger charge is -2.11. The number of nitrogens with one attached hydrogen (secondary N) is 1. The van der Waals surface area contributed by atoms with Crippen LogP contribution in [0.1, 0.15) is 11.1 Å². The third-order valence-corrected chi connectivity index (χ3v) is 4.25. The van der Waals surface area contributed by atoms with E-state index in [0.29, 0.717) is 27.1 Å². The normalized spacial score (nSPS) is 10.9. The first-order valence-electron chi connectivity index (χ1n) is 7.94. The molecule has 0 atom stereocenters. The topological polar surface area (TPSA) is 76.7 Å². The van der Waals surface area contributed by atoms with Crippen molar-refractivity contribution in [2.45, 2.75) is 6.92 Å². The predicted molar refractivity (Wildman–Crippen MR) is 104 cm³/mol.